The highest BCUT2D eigenvalue weighted by atomic mass is 35.5. The van der Waals surface area contributed by atoms with Gasteiger partial charge in [0.2, 0.25) is 5.91 Å². The molecule has 3 rings (SSSR count). The molecule has 5 nitrogen and oxygen atoms in total. The molecule has 142 valence electrons. The van der Waals surface area contributed by atoms with E-state index >= 15 is 0 Å². The number of rotatable bonds is 4. The standard InChI is InChI=1S/C19H25Cl2N3O2/c1-19(6-8-22-9-7-19)12-23-17(25)16-3-2-10-24(16)18(26)13-4-5-14(20)15(21)11-13/h4-5,11,16,22H,2-3,6-10,12H2,1H3,(H,23,25). The van der Waals surface area contributed by atoms with Crippen molar-refractivity contribution in [1.29, 1.82) is 0 Å². The van der Waals surface area contributed by atoms with E-state index in [0.717, 1.165) is 32.4 Å². The molecule has 2 aliphatic heterocycles. The van der Waals surface area contributed by atoms with Crippen LogP contribution in [0.25, 0.3) is 0 Å². The van der Waals surface area contributed by atoms with Gasteiger partial charge in [-0.3, -0.25) is 9.59 Å². The fourth-order valence-corrected chi connectivity index (χ4v) is 4.00. The zero-order chi connectivity index (χ0) is 18.7. The SMILES string of the molecule is CC1(CNC(=O)C2CCCN2C(=O)c2ccc(Cl)c(Cl)c2)CCNCC1. The van der Waals surface area contributed by atoms with E-state index in [1.54, 1.807) is 23.1 Å². The van der Waals surface area contributed by atoms with Crippen LogP contribution in [0, 0.1) is 5.41 Å². The number of hydrogen-bond acceptors (Lipinski definition) is 3. The minimum atomic E-state index is -0.415. The molecule has 2 heterocycles. The Morgan fingerprint density at radius 3 is 2.69 bits per heavy atom. The number of halogens is 2. The number of hydrogen-bond donors (Lipinski definition) is 2. The van der Waals surface area contributed by atoms with Gasteiger partial charge in [0.1, 0.15) is 6.04 Å². The van der Waals surface area contributed by atoms with Crippen molar-refractivity contribution in [2.45, 2.75) is 38.6 Å². The molecule has 7 heteroatoms. The van der Waals surface area contributed by atoms with Crippen LogP contribution >= 0.6 is 23.2 Å². The molecular formula is C19H25Cl2N3O2. The summed E-state index contributed by atoms with van der Waals surface area (Å²) in [5.41, 5.74) is 0.585. The average molecular weight is 398 g/mol. The lowest BCUT2D eigenvalue weighted by atomic mass is 9.81. The Bertz CT molecular complexity index is 689. The molecule has 2 fully saturated rings. The van der Waals surface area contributed by atoms with Crippen molar-refractivity contribution in [1.82, 2.24) is 15.5 Å². The molecule has 26 heavy (non-hydrogen) atoms. The average Bonchev–Trinajstić information content (AvgIpc) is 3.12. The molecule has 1 unspecified atom stereocenters. The lowest BCUT2D eigenvalue weighted by Gasteiger charge is -2.35. The Morgan fingerprint density at radius 2 is 2.00 bits per heavy atom. The molecule has 2 saturated heterocycles. The summed E-state index contributed by atoms with van der Waals surface area (Å²) in [6, 6.07) is 4.41. The maximum Gasteiger partial charge on any atom is 0.254 e. The van der Waals surface area contributed by atoms with Gasteiger partial charge in [-0.25, -0.2) is 0 Å². The monoisotopic (exact) mass is 397 g/mol. The molecular weight excluding hydrogens is 373 g/mol. The fraction of sp³-hybridized carbons (Fsp3) is 0.579. The number of nitrogens with zero attached hydrogens (tertiary/aromatic N) is 1. The van der Waals surface area contributed by atoms with Gasteiger partial charge in [0.05, 0.1) is 10.0 Å². The molecule has 0 aliphatic carbocycles. The van der Waals surface area contributed by atoms with Crippen molar-refractivity contribution in [2.75, 3.05) is 26.2 Å². The third-order valence-electron chi connectivity index (χ3n) is 5.48. The summed E-state index contributed by atoms with van der Waals surface area (Å²) in [6.45, 7) is 5.41. The van der Waals surface area contributed by atoms with Crippen molar-refractivity contribution in [2.24, 2.45) is 5.41 Å². The van der Waals surface area contributed by atoms with Crippen molar-refractivity contribution >= 4 is 35.0 Å². The Labute approximate surface area is 164 Å². The van der Waals surface area contributed by atoms with Crippen LogP contribution in [0.3, 0.4) is 0 Å². The smallest absolute Gasteiger partial charge is 0.254 e. The Balaban J connectivity index is 1.64. The van der Waals surface area contributed by atoms with Crippen LogP contribution in [-0.4, -0.2) is 48.9 Å². The summed E-state index contributed by atoms with van der Waals surface area (Å²) in [7, 11) is 0. The van der Waals surface area contributed by atoms with Crippen LogP contribution in [0.4, 0.5) is 0 Å². The van der Waals surface area contributed by atoms with Crippen LogP contribution in [0.15, 0.2) is 18.2 Å². The first-order valence-electron chi connectivity index (χ1n) is 9.14. The van der Waals surface area contributed by atoms with Gasteiger partial charge >= 0.3 is 0 Å². The minimum absolute atomic E-state index is 0.0596. The molecule has 2 N–H and O–H groups in total. The van der Waals surface area contributed by atoms with Crippen molar-refractivity contribution < 1.29 is 9.59 Å². The topological polar surface area (TPSA) is 61.4 Å². The Kier molecular flexibility index (Phi) is 6.10. The van der Waals surface area contributed by atoms with E-state index in [1.165, 1.54) is 0 Å². The zero-order valence-corrected chi connectivity index (χ0v) is 16.5. The molecule has 1 atom stereocenters. The summed E-state index contributed by atoms with van der Waals surface area (Å²) < 4.78 is 0. The van der Waals surface area contributed by atoms with Gasteiger partial charge in [-0.05, 0) is 62.4 Å². The van der Waals surface area contributed by atoms with Gasteiger partial charge in [-0.1, -0.05) is 30.1 Å². The third kappa shape index (κ3) is 4.33. The summed E-state index contributed by atoms with van der Waals surface area (Å²) >= 11 is 12.0. The van der Waals surface area contributed by atoms with E-state index in [2.05, 4.69) is 17.6 Å². The second-order valence-electron chi connectivity index (χ2n) is 7.56. The molecule has 1 aromatic carbocycles. The lowest BCUT2D eigenvalue weighted by Crippen LogP contribution is -2.49. The van der Waals surface area contributed by atoms with Crippen molar-refractivity contribution in [3.8, 4) is 0 Å². The number of benzene rings is 1. The molecule has 0 saturated carbocycles. The summed E-state index contributed by atoms with van der Waals surface area (Å²) in [4.78, 5) is 27.2. The van der Waals surface area contributed by atoms with Crippen LogP contribution in [0.2, 0.25) is 10.0 Å². The first-order valence-corrected chi connectivity index (χ1v) is 9.90. The minimum Gasteiger partial charge on any atom is -0.354 e. The largest absolute Gasteiger partial charge is 0.354 e. The van der Waals surface area contributed by atoms with Crippen LogP contribution in [0.5, 0.6) is 0 Å². The molecule has 0 spiro atoms. The third-order valence-corrected chi connectivity index (χ3v) is 6.22. The van der Waals surface area contributed by atoms with E-state index in [1.807, 2.05) is 0 Å². The number of likely N-dealkylation sites (tertiary alicyclic amines) is 1. The Hall–Kier alpha value is -1.30. The Morgan fingerprint density at radius 1 is 1.27 bits per heavy atom. The highest BCUT2D eigenvalue weighted by Crippen LogP contribution is 2.28. The second-order valence-corrected chi connectivity index (χ2v) is 8.38. The molecule has 0 bridgehead atoms. The quantitative estimate of drug-likeness (QED) is 0.820. The molecule has 0 radical (unpaired) electrons. The van der Waals surface area contributed by atoms with Crippen LogP contribution in [-0.2, 0) is 4.79 Å². The van der Waals surface area contributed by atoms with Gasteiger partial charge < -0.3 is 15.5 Å². The van der Waals surface area contributed by atoms with Crippen molar-refractivity contribution in [3.05, 3.63) is 33.8 Å². The van der Waals surface area contributed by atoms with Gasteiger partial charge in [0.15, 0.2) is 0 Å². The van der Waals surface area contributed by atoms with E-state index < -0.39 is 6.04 Å². The lowest BCUT2D eigenvalue weighted by molar-refractivity contribution is -0.125. The number of carbonyl (C=O) groups is 2. The fourth-order valence-electron chi connectivity index (χ4n) is 3.70. The maximum absolute atomic E-state index is 12.8. The summed E-state index contributed by atoms with van der Waals surface area (Å²) in [5, 5.41) is 7.18. The van der Waals surface area contributed by atoms with Gasteiger partial charge in [-0.15, -0.1) is 0 Å². The second kappa shape index (κ2) is 8.15. The van der Waals surface area contributed by atoms with Crippen molar-refractivity contribution in [3.63, 3.8) is 0 Å². The summed E-state index contributed by atoms with van der Waals surface area (Å²) in [6.07, 6.45) is 3.61. The number of amides is 2. The first-order chi connectivity index (χ1) is 12.4. The molecule has 2 aliphatic rings. The van der Waals surface area contributed by atoms with Crippen LogP contribution < -0.4 is 10.6 Å². The normalized spacial score (nSPS) is 22.3. The van der Waals surface area contributed by atoms with E-state index in [0.29, 0.717) is 35.1 Å². The van der Waals surface area contributed by atoms with Gasteiger partial charge in [0, 0.05) is 18.7 Å². The van der Waals surface area contributed by atoms with Gasteiger partial charge in [-0.2, -0.15) is 0 Å². The van der Waals surface area contributed by atoms with Gasteiger partial charge in [0.25, 0.3) is 5.91 Å². The highest BCUT2D eigenvalue weighted by Gasteiger charge is 2.36. The summed E-state index contributed by atoms with van der Waals surface area (Å²) in [5.74, 6) is -0.232. The van der Waals surface area contributed by atoms with Crippen LogP contribution in [0.1, 0.15) is 43.0 Å². The predicted octanol–water partition coefficient (Wildman–Crippen LogP) is 3.10. The molecule has 1 aromatic rings. The van der Waals surface area contributed by atoms with E-state index in [9.17, 15) is 9.59 Å². The number of nitrogens with one attached hydrogen (secondary N) is 2. The highest BCUT2D eigenvalue weighted by molar-refractivity contribution is 6.42. The maximum atomic E-state index is 12.8. The van der Waals surface area contributed by atoms with E-state index in [-0.39, 0.29) is 17.2 Å². The predicted molar refractivity (Wildman–Crippen MR) is 104 cm³/mol. The molecule has 2 amide bonds. The first kappa shape index (κ1) is 19.5. The zero-order valence-electron chi connectivity index (χ0n) is 15.0. The molecule has 0 aromatic heterocycles. The number of carbonyl (C=O) groups excluding carboxylic acids is 2. The number of piperidine rings is 1. The van der Waals surface area contributed by atoms with E-state index in [4.69, 9.17) is 23.2 Å².